The molecule has 2 aromatic heterocycles. The number of sulfonamides is 2. The van der Waals surface area contributed by atoms with Crippen LogP contribution in [-0.4, -0.2) is 26.8 Å². The SMILES string of the molecule is C.Cc1cc(NS(=O)(=O)c2ccc(C(C)(C)C)cc2)ccc1Oc1cncc(Cl)c1.Cc1cc(NS(=O)(=O)c2ccc(Cl)cc2Cl)ccc1Oc1cncc(Cl)c1. The Morgan fingerprint density at radius 2 is 1.04 bits per heavy atom. The van der Waals surface area contributed by atoms with Crippen LogP contribution in [0.15, 0.2) is 126 Å². The minimum atomic E-state index is -3.86. The fourth-order valence-electron chi connectivity index (χ4n) is 5.06. The van der Waals surface area contributed by atoms with Gasteiger partial charge in [-0.25, -0.2) is 16.8 Å². The number of hydrogen-bond donors (Lipinski definition) is 2. The molecule has 0 aliphatic carbocycles. The lowest BCUT2D eigenvalue weighted by Gasteiger charge is -2.19. The molecule has 6 aromatic rings. The fraction of sp³-hybridized carbons (Fsp3) is 0.171. The largest absolute Gasteiger partial charge is 0.455 e. The van der Waals surface area contributed by atoms with Crippen LogP contribution in [0.4, 0.5) is 11.4 Å². The summed E-state index contributed by atoms with van der Waals surface area (Å²) in [5.74, 6) is 2.12. The van der Waals surface area contributed by atoms with E-state index in [0.717, 1.165) is 16.7 Å². The van der Waals surface area contributed by atoms with Gasteiger partial charge in [-0.2, -0.15) is 0 Å². The van der Waals surface area contributed by atoms with Crippen LogP contribution in [0.3, 0.4) is 0 Å². The second-order valence-corrected chi connectivity index (χ2v) is 18.5. The lowest BCUT2D eigenvalue weighted by Crippen LogP contribution is -2.15. The smallest absolute Gasteiger partial charge is 0.263 e. The quantitative estimate of drug-likeness (QED) is 0.139. The molecule has 0 aliphatic rings. The maximum Gasteiger partial charge on any atom is 0.263 e. The third-order valence-electron chi connectivity index (χ3n) is 7.88. The lowest BCUT2D eigenvalue weighted by atomic mass is 9.87. The minimum absolute atomic E-state index is 0. The van der Waals surface area contributed by atoms with Crippen molar-refractivity contribution in [1.82, 2.24) is 9.97 Å². The highest BCUT2D eigenvalue weighted by molar-refractivity contribution is 7.93. The van der Waals surface area contributed by atoms with Crippen molar-refractivity contribution in [2.75, 3.05) is 9.44 Å². The van der Waals surface area contributed by atoms with Crippen molar-refractivity contribution in [2.45, 2.75) is 57.3 Å². The molecule has 0 atom stereocenters. The zero-order valence-electron chi connectivity index (χ0n) is 30.6. The van der Waals surface area contributed by atoms with Gasteiger partial charge >= 0.3 is 0 Å². The van der Waals surface area contributed by atoms with Gasteiger partial charge in [0.15, 0.2) is 0 Å². The first-order chi connectivity index (χ1) is 26.3. The summed E-state index contributed by atoms with van der Waals surface area (Å²) in [5.41, 5.74) is 3.35. The third kappa shape index (κ3) is 12.5. The number of aromatic nitrogens is 2. The van der Waals surface area contributed by atoms with Crippen LogP contribution in [0.5, 0.6) is 23.0 Å². The summed E-state index contributed by atoms with van der Waals surface area (Å²) in [4.78, 5) is 8.09. The topological polar surface area (TPSA) is 137 Å². The monoisotopic (exact) mass is 888 g/mol. The number of hydrogen-bond acceptors (Lipinski definition) is 8. The summed E-state index contributed by atoms with van der Waals surface area (Å²) in [6, 6.07) is 24.4. The molecule has 16 heteroatoms. The molecule has 300 valence electrons. The van der Waals surface area contributed by atoms with E-state index in [1.807, 2.05) is 19.1 Å². The maximum absolute atomic E-state index is 12.7. The molecule has 0 radical (unpaired) electrons. The van der Waals surface area contributed by atoms with Crippen LogP contribution in [0, 0.1) is 13.8 Å². The first-order valence-electron chi connectivity index (χ1n) is 16.7. The van der Waals surface area contributed by atoms with Gasteiger partial charge in [-0.15, -0.1) is 0 Å². The number of ether oxygens (including phenoxy) is 2. The van der Waals surface area contributed by atoms with Gasteiger partial charge in [0.2, 0.25) is 0 Å². The van der Waals surface area contributed by atoms with Crippen molar-refractivity contribution in [3.8, 4) is 23.0 Å². The van der Waals surface area contributed by atoms with Gasteiger partial charge in [0, 0.05) is 40.9 Å². The van der Waals surface area contributed by atoms with Gasteiger partial charge in [-0.1, -0.05) is 86.7 Å². The standard InChI is InChI=1S/C22H23ClN2O3S.C18H13Cl3N2O3S.CH4/c1-15-11-18(7-10-21(15)28-19-12-17(23)13-24-14-19)25-29(26,27)20-8-5-16(6-9-20)22(2,3)4;1-11-6-14(3-4-17(11)26-15-7-13(20)9-22-10-15)23-27(24,25)18-5-2-12(19)8-16(18)21;/h5-14,25H,1-4H3;2-10,23H,1H3;1H4. The van der Waals surface area contributed by atoms with E-state index in [1.165, 1.54) is 36.8 Å². The summed E-state index contributed by atoms with van der Waals surface area (Å²) < 4.78 is 67.2. The summed E-state index contributed by atoms with van der Waals surface area (Å²) in [5, 5.41) is 1.32. The second kappa shape index (κ2) is 18.8. The molecular weight excluding hydrogens is 850 g/mol. The first-order valence-corrected chi connectivity index (χ1v) is 21.2. The Labute approximate surface area is 354 Å². The highest BCUT2D eigenvalue weighted by Gasteiger charge is 2.20. The van der Waals surface area contributed by atoms with Crippen LogP contribution in [-0.2, 0) is 25.5 Å². The van der Waals surface area contributed by atoms with E-state index in [0.29, 0.717) is 49.4 Å². The Morgan fingerprint density at radius 3 is 1.46 bits per heavy atom. The molecule has 4 aromatic carbocycles. The second-order valence-electron chi connectivity index (χ2n) is 13.4. The zero-order valence-corrected chi connectivity index (χ0v) is 35.3. The number of anilines is 2. The first kappa shape index (κ1) is 45.1. The normalized spacial score (nSPS) is 11.4. The van der Waals surface area contributed by atoms with Crippen LogP contribution in [0.25, 0.3) is 0 Å². The zero-order chi connectivity index (χ0) is 40.8. The minimum Gasteiger partial charge on any atom is -0.455 e. The Kier molecular flexibility index (Phi) is 14.9. The number of rotatable bonds is 10. The molecule has 2 heterocycles. The number of benzene rings is 4. The van der Waals surface area contributed by atoms with E-state index in [2.05, 4.69) is 40.2 Å². The third-order valence-corrected chi connectivity index (χ3v) is 11.8. The fourth-order valence-corrected chi connectivity index (χ4v) is 8.26. The van der Waals surface area contributed by atoms with Gasteiger partial charge in [0.05, 0.1) is 32.4 Å². The lowest BCUT2D eigenvalue weighted by molar-refractivity contribution is 0.476. The van der Waals surface area contributed by atoms with Crippen LogP contribution < -0.4 is 18.9 Å². The Balaban J connectivity index is 0.000000249. The van der Waals surface area contributed by atoms with Crippen molar-refractivity contribution in [3.05, 3.63) is 153 Å². The number of nitrogens with zero attached hydrogens (tertiary/aromatic N) is 2. The van der Waals surface area contributed by atoms with E-state index in [-0.39, 0.29) is 27.7 Å². The van der Waals surface area contributed by atoms with Crippen molar-refractivity contribution in [3.63, 3.8) is 0 Å². The van der Waals surface area contributed by atoms with Crippen LogP contribution >= 0.6 is 46.4 Å². The molecule has 2 N–H and O–H groups in total. The summed E-state index contributed by atoms with van der Waals surface area (Å²) in [6.07, 6.45) is 6.11. The average molecular weight is 891 g/mol. The number of nitrogens with one attached hydrogen (secondary N) is 2. The van der Waals surface area contributed by atoms with E-state index in [4.69, 9.17) is 55.9 Å². The Morgan fingerprint density at radius 1 is 0.561 bits per heavy atom. The van der Waals surface area contributed by atoms with Gasteiger partial charge in [0.25, 0.3) is 20.0 Å². The predicted octanol–water partition coefficient (Wildman–Crippen LogP) is 12.5. The van der Waals surface area contributed by atoms with Crippen LogP contribution in [0.1, 0.15) is 44.9 Å². The number of pyridine rings is 2. The molecule has 6 rings (SSSR count). The molecule has 0 bridgehead atoms. The van der Waals surface area contributed by atoms with Crippen molar-refractivity contribution < 1.29 is 26.3 Å². The van der Waals surface area contributed by atoms with Gasteiger partial charge in [-0.05, 0) is 103 Å². The summed E-state index contributed by atoms with van der Waals surface area (Å²) in [7, 11) is -7.55. The van der Waals surface area contributed by atoms with E-state index in [9.17, 15) is 16.8 Å². The van der Waals surface area contributed by atoms with E-state index < -0.39 is 20.0 Å². The Hall–Kier alpha value is -4.56. The van der Waals surface area contributed by atoms with Crippen molar-refractivity contribution in [1.29, 1.82) is 0 Å². The van der Waals surface area contributed by atoms with E-state index >= 15 is 0 Å². The molecule has 0 spiro atoms. The molecule has 57 heavy (non-hydrogen) atoms. The molecule has 0 amide bonds. The maximum atomic E-state index is 12.7. The van der Waals surface area contributed by atoms with Gasteiger partial charge < -0.3 is 9.47 Å². The molecular formula is C41H40Cl4N4O6S2. The van der Waals surface area contributed by atoms with Crippen molar-refractivity contribution in [2.24, 2.45) is 0 Å². The summed E-state index contributed by atoms with van der Waals surface area (Å²) >= 11 is 23.6. The Bertz CT molecular complexity index is 2590. The molecule has 0 fully saturated rings. The highest BCUT2D eigenvalue weighted by Crippen LogP contribution is 2.32. The predicted molar refractivity (Wildman–Crippen MR) is 231 cm³/mol. The molecule has 0 unspecified atom stereocenters. The van der Waals surface area contributed by atoms with Gasteiger partial charge in [-0.3, -0.25) is 19.4 Å². The van der Waals surface area contributed by atoms with E-state index in [1.54, 1.807) is 73.8 Å². The van der Waals surface area contributed by atoms with Crippen molar-refractivity contribution >= 4 is 77.8 Å². The van der Waals surface area contributed by atoms with Gasteiger partial charge in [0.1, 0.15) is 27.9 Å². The average Bonchev–Trinajstić information content (AvgIpc) is 3.10. The van der Waals surface area contributed by atoms with Crippen LogP contribution in [0.2, 0.25) is 20.1 Å². The highest BCUT2D eigenvalue weighted by atomic mass is 35.5. The number of halogens is 4. The molecule has 0 saturated heterocycles. The molecule has 0 saturated carbocycles. The molecule has 10 nitrogen and oxygen atoms in total. The number of aryl methyl sites for hydroxylation is 2. The molecule has 0 aliphatic heterocycles. The summed E-state index contributed by atoms with van der Waals surface area (Å²) in [6.45, 7) is 9.88.